The summed E-state index contributed by atoms with van der Waals surface area (Å²) >= 11 is 0. The Morgan fingerprint density at radius 2 is 2.10 bits per heavy atom. The van der Waals surface area contributed by atoms with E-state index in [9.17, 15) is 4.79 Å². The topological polar surface area (TPSA) is 75.4 Å². The molecule has 0 unspecified atom stereocenters. The molecule has 0 aliphatic heterocycles. The van der Waals surface area contributed by atoms with Crippen molar-refractivity contribution >= 4 is 17.5 Å². The van der Waals surface area contributed by atoms with Gasteiger partial charge < -0.3 is 10.2 Å². The highest BCUT2D eigenvalue weighted by Crippen LogP contribution is 2.17. The van der Waals surface area contributed by atoms with Gasteiger partial charge in [-0.15, -0.1) is 0 Å². The number of anilines is 1. The van der Waals surface area contributed by atoms with Crippen molar-refractivity contribution < 1.29 is 4.79 Å². The van der Waals surface area contributed by atoms with Crippen LogP contribution in [0.25, 0.3) is 5.78 Å². The van der Waals surface area contributed by atoms with Gasteiger partial charge >= 0.3 is 0 Å². The van der Waals surface area contributed by atoms with Crippen molar-refractivity contribution in [3.8, 4) is 0 Å². The molecule has 0 bridgehead atoms. The van der Waals surface area contributed by atoms with E-state index in [0.29, 0.717) is 5.78 Å². The summed E-state index contributed by atoms with van der Waals surface area (Å²) in [4.78, 5) is 22.6. The average Bonchev–Trinajstić information content (AvgIpc) is 2.81. The van der Waals surface area contributed by atoms with Crippen molar-refractivity contribution in [2.75, 3.05) is 11.9 Å². The van der Waals surface area contributed by atoms with E-state index < -0.39 is 0 Å². The van der Waals surface area contributed by atoms with Crippen LogP contribution in [-0.2, 0) is 4.79 Å². The van der Waals surface area contributed by atoms with Crippen LogP contribution in [-0.4, -0.2) is 44.1 Å². The van der Waals surface area contributed by atoms with Gasteiger partial charge in [-0.1, -0.05) is 0 Å². The number of nitrogens with zero attached hydrogens (tertiary/aromatic N) is 5. The maximum absolute atomic E-state index is 12.3. The van der Waals surface area contributed by atoms with Crippen molar-refractivity contribution in [2.45, 2.75) is 46.2 Å². The molecular weight excluding hydrogens is 268 g/mol. The number of carbonyl (C=O) groups excluding carboxylic acids is 1. The number of amides is 1. The second-order valence-electron chi connectivity index (χ2n) is 6.25. The fraction of sp³-hybridized carbons (Fsp3) is 0.571. The molecular formula is C14H22N6O. The van der Waals surface area contributed by atoms with Gasteiger partial charge in [-0.3, -0.25) is 4.79 Å². The molecule has 2 aromatic rings. The Morgan fingerprint density at radius 1 is 1.43 bits per heavy atom. The van der Waals surface area contributed by atoms with Crippen LogP contribution in [0.2, 0.25) is 0 Å². The van der Waals surface area contributed by atoms with E-state index in [1.807, 2.05) is 52.6 Å². The molecule has 0 saturated heterocycles. The molecule has 0 aliphatic rings. The second-order valence-corrected chi connectivity index (χ2v) is 6.25. The minimum absolute atomic E-state index is 0.0345. The van der Waals surface area contributed by atoms with E-state index in [1.165, 1.54) is 6.33 Å². The summed E-state index contributed by atoms with van der Waals surface area (Å²) in [7, 11) is 1.86. The van der Waals surface area contributed by atoms with E-state index in [0.717, 1.165) is 11.5 Å². The third-order valence-electron chi connectivity index (χ3n) is 3.18. The number of aryl methyl sites for hydroxylation is 1. The number of aromatic nitrogens is 4. The van der Waals surface area contributed by atoms with Crippen LogP contribution < -0.4 is 10.2 Å². The molecule has 0 aromatic carbocycles. The second kappa shape index (κ2) is 5.31. The molecule has 7 heteroatoms. The Balaban J connectivity index is 2.31. The van der Waals surface area contributed by atoms with Crippen molar-refractivity contribution in [1.29, 1.82) is 0 Å². The fourth-order valence-electron chi connectivity index (χ4n) is 2.01. The Hall–Kier alpha value is -2.18. The first-order valence-corrected chi connectivity index (χ1v) is 6.91. The van der Waals surface area contributed by atoms with E-state index in [4.69, 9.17) is 0 Å². The average molecular weight is 290 g/mol. The van der Waals surface area contributed by atoms with Gasteiger partial charge in [0.05, 0.1) is 0 Å². The molecule has 2 aromatic heterocycles. The number of carbonyl (C=O) groups is 1. The van der Waals surface area contributed by atoms with Crippen LogP contribution in [0.3, 0.4) is 0 Å². The van der Waals surface area contributed by atoms with Gasteiger partial charge in [-0.05, 0) is 34.6 Å². The highest BCUT2D eigenvalue weighted by molar-refractivity contribution is 5.85. The summed E-state index contributed by atoms with van der Waals surface area (Å²) in [5.74, 6) is 1.28. The van der Waals surface area contributed by atoms with Gasteiger partial charge in [-0.2, -0.15) is 14.6 Å². The zero-order chi connectivity index (χ0) is 15.8. The van der Waals surface area contributed by atoms with Crippen molar-refractivity contribution in [1.82, 2.24) is 24.9 Å². The third kappa shape index (κ3) is 3.29. The van der Waals surface area contributed by atoms with Gasteiger partial charge in [0.25, 0.3) is 5.78 Å². The fourth-order valence-corrected chi connectivity index (χ4v) is 2.01. The number of nitrogens with one attached hydrogen (secondary N) is 1. The molecule has 21 heavy (non-hydrogen) atoms. The van der Waals surface area contributed by atoms with Crippen LogP contribution in [0.5, 0.6) is 0 Å². The SMILES string of the molecule is Cc1cc(N(C)[C@H](C)C(=O)NC(C)(C)C)n2ncnc2n1. The Bertz CT molecular complexity index is 657. The largest absolute Gasteiger partial charge is 0.350 e. The van der Waals surface area contributed by atoms with Crippen LogP contribution >= 0.6 is 0 Å². The monoisotopic (exact) mass is 290 g/mol. The van der Waals surface area contributed by atoms with Gasteiger partial charge in [0, 0.05) is 24.3 Å². The minimum atomic E-state index is -0.335. The minimum Gasteiger partial charge on any atom is -0.350 e. The first-order chi connectivity index (χ1) is 9.69. The Kier molecular flexibility index (Phi) is 3.85. The summed E-state index contributed by atoms with van der Waals surface area (Å²) in [6.07, 6.45) is 1.46. The number of hydrogen-bond acceptors (Lipinski definition) is 5. The molecule has 0 fully saturated rings. The normalized spacial score (nSPS) is 13.2. The zero-order valence-electron chi connectivity index (χ0n) is 13.4. The predicted molar refractivity (Wildman–Crippen MR) is 81.3 cm³/mol. The van der Waals surface area contributed by atoms with Crippen molar-refractivity contribution in [3.63, 3.8) is 0 Å². The van der Waals surface area contributed by atoms with Crippen LogP contribution in [0, 0.1) is 6.92 Å². The van der Waals surface area contributed by atoms with E-state index in [1.54, 1.807) is 4.52 Å². The lowest BCUT2D eigenvalue weighted by molar-refractivity contribution is -0.123. The van der Waals surface area contributed by atoms with E-state index in [-0.39, 0.29) is 17.5 Å². The molecule has 0 aliphatic carbocycles. The highest BCUT2D eigenvalue weighted by atomic mass is 16.2. The quantitative estimate of drug-likeness (QED) is 0.918. The zero-order valence-corrected chi connectivity index (χ0v) is 13.4. The predicted octanol–water partition coefficient (Wildman–Crippen LogP) is 1.17. The lowest BCUT2D eigenvalue weighted by atomic mass is 10.1. The molecule has 0 radical (unpaired) electrons. The standard InChI is InChI=1S/C14H22N6O/c1-9-7-11(20-13(17-9)15-8-16-20)19(6)10(2)12(21)18-14(3,4)5/h7-8,10H,1-6H3,(H,18,21)/t10-/m1/s1. The lowest BCUT2D eigenvalue weighted by Crippen LogP contribution is -2.50. The summed E-state index contributed by atoms with van der Waals surface area (Å²) < 4.78 is 1.63. The number of rotatable bonds is 3. The maximum atomic E-state index is 12.3. The molecule has 1 amide bonds. The molecule has 0 saturated carbocycles. The molecule has 1 N–H and O–H groups in total. The molecule has 7 nitrogen and oxygen atoms in total. The number of fused-ring (bicyclic) bond motifs is 1. The first-order valence-electron chi connectivity index (χ1n) is 6.91. The molecule has 2 rings (SSSR count). The number of likely N-dealkylation sites (N-methyl/N-ethyl adjacent to an activating group) is 1. The smallest absolute Gasteiger partial charge is 0.254 e. The summed E-state index contributed by atoms with van der Waals surface area (Å²) in [6, 6.07) is 1.56. The number of hydrogen-bond donors (Lipinski definition) is 1. The lowest BCUT2D eigenvalue weighted by Gasteiger charge is -2.29. The maximum Gasteiger partial charge on any atom is 0.254 e. The van der Waals surface area contributed by atoms with Gasteiger partial charge in [-0.25, -0.2) is 4.98 Å². The highest BCUT2D eigenvalue weighted by Gasteiger charge is 2.24. The summed E-state index contributed by atoms with van der Waals surface area (Å²) in [5, 5.41) is 7.15. The first kappa shape index (κ1) is 15.2. The summed E-state index contributed by atoms with van der Waals surface area (Å²) in [6.45, 7) is 9.64. The van der Waals surface area contributed by atoms with Crippen LogP contribution in [0.1, 0.15) is 33.4 Å². The molecule has 0 spiro atoms. The van der Waals surface area contributed by atoms with Crippen LogP contribution in [0.4, 0.5) is 5.82 Å². The van der Waals surface area contributed by atoms with Crippen molar-refractivity contribution in [2.24, 2.45) is 0 Å². The van der Waals surface area contributed by atoms with Gasteiger partial charge in [0.2, 0.25) is 5.91 Å². The Morgan fingerprint density at radius 3 is 2.71 bits per heavy atom. The Labute approximate surface area is 124 Å². The molecule has 2 heterocycles. The van der Waals surface area contributed by atoms with E-state index >= 15 is 0 Å². The third-order valence-corrected chi connectivity index (χ3v) is 3.18. The molecule has 1 atom stereocenters. The van der Waals surface area contributed by atoms with E-state index in [2.05, 4.69) is 20.4 Å². The van der Waals surface area contributed by atoms with Gasteiger partial charge in [0.15, 0.2) is 0 Å². The molecule has 114 valence electrons. The van der Waals surface area contributed by atoms with Crippen LogP contribution in [0.15, 0.2) is 12.4 Å². The van der Waals surface area contributed by atoms with Gasteiger partial charge in [0.1, 0.15) is 18.2 Å². The van der Waals surface area contributed by atoms with Crippen molar-refractivity contribution in [3.05, 3.63) is 18.1 Å². The summed E-state index contributed by atoms with van der Waals surface area (Å²) in [5.41, 5.74) is 0.573.